The van der Waals surface area contributed by atoms with Gasteiger partial charge in [-0.2, -0.15) is 4.98 Å². The maximum atomic E-state index is 6.18. The minimum absolute atomic E-state index is 0.0933. The molecule has 0 radical (unpaired) electrons. The van der Waals surface area contributed by atoms with E-state index in [0.29, 0.717) is 11.7 Å². The maximum absolute atomic E-state index is 6.18. The molecule has 2 unspecified atom stereocenters. The quantitative estimate of drug-likeness (QED) is 0.893. The lowest BCUT2D eigenvalue weighted by molar-refractivity contribution is 0.278. The first-order valence-electron chi connectivity index (χ1n) is 6.62. The van der Waals surface area contributed by atoms with Crippen LogP contribution < -0.4 is 5.73 Å². The van der Waals surface area contributed by atoms with Crippen molar-refractivity contribution in [1.29, 1.82) is 0 Å². The summed E-state index contributed by atoms with van der Waals surface area (Å²) in [7, 11) is 0. The van der Waals surface area contributed by atoms with Crippen LogP contribution in [0.5, 0.6) is 0 Å². The van der Waals surface area contributed by atoms with E-state index in [2.05, 4.69) is 22.0 Å². The molecule has 0 bridgehead atoms. The van der Waals surface area contributed by atoms with Gasteiger partial charge >= 0.3 is 0 Å². The van der Waals surface area contributed by atoms with Gasteiger partial charge < -0.3 is 10.3 Å². The lowest BCUT2D eigenvalue weighted by Gasteiger charge is -2.23. The molecule has 1 aliphatic rings. The number of pyridine rings is 1. The molecule has 2 aromatic rings. The summed E-state index contributed by atoms with van der Waals surface area (Å²) in [5.74, 6) is 1.25. The summed E-state index contributed by atoms with van der Waals surface area (Å²) in [5.41, 5.74) is 7.99. The normalized spacial score (nSPS) is 26.8. The maximum Gasteiger partial charge on any atom is 0.234 e. The van der Waals surface area contributed by atoms with Gasteiger partial charge in [0.25, 0.3) is 0 Å². The van der Waals surface area contributed by atoms with E-state index in [4.69, 9.17) is 10.3 Å². The second kappa shape index (κ2) is 4.42. The molecule has 0 aliphatic heterocycles. The number of hydrogen-bond acceptors (Lipinski definition) is 5. The first-order chi connectivity index (χ1) is 9.11. The van der Waals surface area contributed by atoms with Crippen LogP contribution in [-0.2, 0) is 5.41 Å². The highest BCUT2D eigenvalue weighted by molar-refractivity contribution is 5.57. The van der Waals surface area contributed by atoms with E-state index in [-0.39, 0.29) is 11.5 Å². The predicted octanol–water partition coefficient (Wildman–Crippen LogP) is 2.21. The van der Waals surface area contributed by atoms with E-state index < -0.39 is 0 Å². The molecule has 1 aliphatic carbocycles. The third-order valence-electron chi connectivity index (χ3n) is 4.22. The van der Waals surface area contributed by atoms with E-state index in [1.807, 2.05) is 13.0 Å². The Balaban J connectivity index is 1.98. The van der Waals surface area contributed by atoms with Crippen LogP contribution in [0.1, 0.15) is 37.6 Å². The van der Waals surface area contributed by atoms with Gasteiger partial charge in [-0.1, -0.05) is 11.6 Å². The van der Waals surface area contributed by atoms with E-state index in [0.717, 1.165) is 30.4 Å². The highest BCUT2D eigenvalue weighted by Gasteiger charge is 2.42. The Morgan fingerprint density at radius 2 is 2.32 bits per heavy atom. The van der Waals surface area contributed by atoms with Crippen molar-refractivity contribution < 1.29 is 4.52 Å². The van der Waals surface area contributed by atoms with Crippen LogP contribution in [0, 0.1) is 6.92 Å². The smallest absolute Gasteiger partial charge is 0.234 e. The highest BCUT2D eigenvalue weighted by atomic mass is 16.5. The van der Waals surface area contributed by atoms with Crippen molar-refractivity contribution in [2.45, 2.75) is 44.6 Å². The van der Waals surface area contributed by atoms with Crippen molar-refractivity contribution in [3.8, 4) is 11.4 Å². The van der Waals surface area contributed by atoms with Crippen LogP contribution in [0.15, 0.2) is 23.0 Å². The zero-order chi connectivity index (χ0) is 13.5. The van der Waals surface area contributed by atoms with Gasteiger partial charge in [-0.15, -0.1) is 0 Å². The van der Waals surface area contributed by atoms with Crippen LogP contribution in [0.25, 0.3) is 11.4 Å². The summed E-state index contributed by atoms with van der Waals surface area (Å²) in [6.45, 7) is 4.12. The molecular weight excluding hydrogens is 240 g/mol. The molecule has 0 aromatic carbocycles. The van der Waals surface area contributed by atoms with Crippen LogP contribution in [0.4, 0.5) is 0 Å². The number of nitrogens with zero attached hydrogens (tertiary/aromatic N) is 3. The number of aromatic nitrogens is 3. The lowest BCUT2D eigenvalue weighted by Crippen LogP contribution is -2.38. The molecule has 2 N–H and O–H groups in total. The average molecular weight is 258 g/mol. The Kier molecular flexibility index (Phi) is 2.86. The van der Waals surface area contributed by atoms with E-state index in [1.54, 1.807) is 12.4 Å². The predicted molar refractivity (Wildman–Crippen MR) is 71.4 cm³/mol. The van der Waals surface area contributed by atoms with Crippen molar-refractivity contribution >= 4 is 0 Å². The summed E-state index contributed by atoms with van der Waals surface area (Å²) in [6, 6.07) is 2.03. The topological polar surface area (TPSA) is 77.8 Å². The van der Waals surface area contributed by atoms with Gasteiger partial charge in [-0.05, 0) is 38.3 Å². The molecule has 2 aromatic heterocycles. The molecule has 1 fully saturated rings. The minimum atomic E-state index is -0.193. The van der Waals surface area contributed by atoms with Gasteiger partial charge in [0.15, 0.2) is 0 Å². The fourth-order valence-electron chi connectivity index (χ4n) is 2.72. The Bertz CT molecular complexity index is 595. The molecule has 0 spiro atoms. The highest BCUT2D eigenvalue weighted by Crippen LogP contribution is 2.39. The van der Waals surface area contributed by atoms with Crippen LogP contribution in [0.2, 0.25) is 0 Å². The first kappa shape index (κ1) is 12.3. The van der Waals surface area contributed by atoms with Gasteiger partial charge in [0.05, 0.1) is 5.41 Å². The molecule has 3 rings (SSSR count). The van der Waals surface area contributed by atoms with Crippen molar-refractivity contribution in [2.24, 2.45) is 5.73 Å². The van der Waals surface area contributed by atoms with E-state index >= 15 is 0 Å². The third kappa shape index (κ3) is 1.94. The van der Waals surface area contributed by atoms with Crippen molar-refractivity contribution in [3.63, 3.8) is 0 Å². The second-order valence-electron chi connectivity index (χ2n) is 5.53. The summed E-state index contributed by atoms with van der Waals surface area (Å²) in [4.78, 5) is 8.66. The fraction of sp³-hybridized carbons (Fsp3) is 0.500. The largest absolute Gasteiger partial charge is 0.338 e. The molecule has 2 heterocycles. The number of rotatable bonds is 2. The molecule has 1 saturated carbocycles. The SMILES string of the molecule is Cc1ccncc1-c1noc(C2(C)CCCC2N)n1. The summed E-state index contributed by atoms with van der Waals surface area (Å²) < 4.78 is 5.46. The van der Waals surface area contributed by atoms with Gasteiger partial charge in [-0.25, -0.2) is 0 Å². The standard InChI is InChI=1S/C14H18N4O/c1-9-5-7-16-8-10(9)12-17-13(19-18-12)14(2)6-3-4-11(14)15/h5,7-8,11H,3-4,6,15H2,1-2H3. The van der Waals surface area contributed by atoms with E-state index in [1.165, 1.54) is 0 Å². The van der Waals surface area contributed by atoms with Crippen molar-refractivity contribution in [3.05, 3.63) is 29.9 Å². The van der Waals surface area contributed by atoms with Crippen LogP contribution >= 0.6 is 0 Å². The fourth-order valence-corrected chi connectivity index (χ4v) is 2.72. The van der Waals surface area contributed by atoms with Crippen molar-refractivity contribution in [2.75, 3.05) is 0 Å². The average Bonchev–Trinajstić information content (AvgIpc) is 2.99. The molecule has 19 heavy (non-hydrogen) atoms. The lowest BCUT2D eigenvalue weighted by atomic mass is 9.85. The number of hydrogen-bond donors (Lipinski definition) is 1. The number of nitrogens with two attached hydrogens (primary N) is 1. The summed E-state index contributed by atoms with van der Waals surface area (Å²) in [5, 5.41) is 4.09. The van der Waals surface area contributed by atoms with Gasteiger partial charge in [0.1, 0.15) is 0 Å². The Hall–Kier alpha value is -1.75. The molecule has 100 valence electrons. The second-order valence-corrected chi connectivity index (χ2v) is 5.53. The third-order valence-corrected chi connectivity index (χ3v) is 4.22. The molecule has 5 heteroatoms. The van der Waals surface area contributed by atoms with E-state index in [9.17, 15) is 0 Å². The van der Waals surface area contributed by atoms with Gasteiger partial charge in [0, 0.05) is 24.0 Å². The van der Waals surface area contributed by atoms with Crippen LogP contribution in [-0.4, -0.2) is 21.2 Å². The Morgan fingerprint density at radius 1 is 1.47 bits per heavy atom. The monoisotopic (exact) mass is 258 g/mol. The Labute approximate surface area is 112 Å². The molecular formula is C14H18N4O. The Morgan fingerprint density at radius 3 is 3.00 bits per heavy atom. The van der Waals surface area contributed by atoms with Gasteiger partial charge in [0.2, 0.25) is 11.7 Å². The molecule has 2 atom stereocenters. The molecule has 0 amide bonds. The zero-order valence-corrected chi connectivity index (χ0v) is 11.3. The van der Waals surface area contributed by atoms with Crippen LogP contribution in [0.3, 0.4) is 0 Å². The van der Waals surface area contributed by atoms with Crippen molar-refractivity contribution in [1.82, 2.24) is 15.1 Å². The minimum Gasteiger partial charge on any atom is -0.338 e. The summed E-state index contributed by atoms with van der Waals surface area (Å²) >= 11 is 0. The zero-order valence-electron chi connectivity index (χ0n) is 11.3. The first-order valence-corrected chi connectivity index (χ1v) is 6.62. The molecule has 5 nitrogen and oxygen atoms in total. The number of aryl methyl sites for hydroxylation is 1. The molecule has 0 saturated heterocycles. The summed E-state index contributed by atoms with van der Waals surface area (Å²) in [6.07, 6.45) is 6.65. The van der Waals surface area contributed by atoms with Gasteiger partial charge in [-0.3, -0.25) is 4.98 Å².